The van der Waals surface area contributed by atoms with E-state index in [4.69, 9.17) is 5.11 Å². The van der Waals surface area contributed by atoms with Crippen molar-refractivity contribution in [2.75, 3.05) is 0 Å². The van der Waals surface area contributed by atoms with Crippen LogP contribution in [0.4, 0.5) is 0 Å². The molecule has 0 radical (unpaired) electrons. The normalized spacial score (nSPS) is 28.5. The molecule has 1 aliphatic carbocycles. The Balaban J connectivity index is 2.02. The predicted octanol–water partition coefficient (Wildman–Crippen LogP) is 2.22. The Labute approximate surface area is 102 Å². The van der Waals surface area contributed by atoms with Crippen molar-refractivity contribution in [3.8, 4) is 0 Å². The molecule has 0 spiro atoms. The Morgan fingerprint density at radius 3 is 2.62 bits per heavy atom. The first-order valence-electron chi connectivity index (χ1n) is 5.19. The molecule has 1 fully saturated rings. The molecule has 0 aliphatic heterocycles. The van der Waals surface area contributed by atoms with Gasteiger partial charge in [-0.15, -0.1) is 0 Å². The Kier molecular flexibility index (Phi) is 3.04. The standard InChI is InChI=1S/C12H13BrO3/c13-10-4-2-1-3-8(10)5-12(16)6-9(7-12)11(14)15/h1-4,9,16H,5-7H2,(H,14,15). The summed E-state index contributed by atoms with van der Waals surface area (Å²) in [6.07, 6.45) is 1.21. The van der Waals surface area contributed by atoms with Gasteiger partial charge in [-0.3, -0.25) is 4.79 Å². The van der Waals surface area contributed by atoms with Gasteiger partial charge in [0, 0.05) is 10.9 Å². The third-order valence-electron chi connectivity index (χ3n) is 3.08. The third kappa shape index (κ3) is 2.28. The number of aliphatic hydroxyl groups is 1. The van der Waals surface area contributed by atoms with Crippen molar-refractivity contribution in [2.24, 2.45) is 5.92 Å². The van der Waals surface area contributed by atoms with E-state index in [0.717, 1.165) is 10.0 Å². The first kappa shape index (κ1) is 11.6. The lowest BCUT2D eigenvalue weighted by Gasteiger charge is -2.41. The number of carbonyl (C=O) groups is 1. The van der Waals surface area contributed by atoms with Crippen LogP contribution >= 0.6 is 15.9 Å². The van der Waals surface area contributed by atoms with E-state index < -0.39 is 11.6 Å². The van der Waals surface area contributed by atoms with Crippen molar-refractivity contribution >= 4 is 21.9 Å². The molecule has 3 nitrogen and oxygen atoms in total. The molecule has 0 bridgehead atoms. The van der Waals surface area contributed by atoms with Crippen molar-refractivity contribution in [3.63, 3.8) is 0 Å². The summed E-state index contributed by atoms with van der Waals surface area (Å²) in [6, 6.07) is 7.69. The van der Waals surface area contributed by atoms with Gasteiger partial charge in [0.05, 0.1) is 11.5 Å². The van der Waals surface area contributed by atoms with Gasteiger partial charge in [0.1, 0.15) is 0 Å². The average molecular weight is 285 g/mol. The fourth-order valence-electron chi connectivity index (χ4n) is 2.17. The molecule has 86 valence electrons. The van der Waals surface area contributed by atoms with Crippen molar-refractivity contribution in [2.45, 2.75) is 24.9 Å². The molecule has 16 heavy (non-hydrogen) atoms. The maximum absolute atomic E-state index is 10.7. The van der Waals surface area contributed by atoms with Crippen molar-refractivity contribution in [3.05, 3.63) is 34.3 Å². The van der Waals surface area contributed by atoms with E-state index in [1.165, 1.54) is 0 Å². The lowest BCUT2D eigenvalue weighted by Crippen LogP contribution is -2.48. The fourth-order valence-corrected chi connectivity index (χ4v) is 2.60. The minimum Gasteiger partial charge on any atom is -0.481 e. The maximum Gasteiger partial charge on any atom is 0.306 e. The van der Waals surface area contributed by atoms with Crippen LogP contribution in [0, 0.1) is 5.92 Å². The van der Waals surface area contributed by atoms with Crippen molar-refractivity contribution < 1.29 is 15.0 Å². The van der Waals surface area contributed by atoms with Crippen LogP contribution in [-0.4, -0.2) is 21.8 Å². The number of halogens is 1. The molecular weight excluding hydrogens is 272 g/mol. The van der Waals surface area contributed by atoms with Crippen LogP contribution in [0.25, 0.3) is 0 Å². The highest BCUT2D eigenvalue weighted by atomic mass is 79.9. The molecule has 0 heterocycles. The molecular formula is C12H13BrO3. The number of rotatable bonds is 3. The molecule has 0 aromatic heterocycles. The molecule has 0 amide bonds. The zero-order valence-electron chi connectivity index (χ0n) is 8.69. The van der Waals surface area contributed by atoms with Gasteiger partial charge in [-0.2, -0.15) is 0 Å². The Morgan fingerprint density at radius 1 is 1.44 bits per heavy atom. The van der Waals surface area contributed by atoms with Crippen molar-refractivity contribution in [1.82, 2.24) is 0 Å². The lowest BCUT2D eigenvalue weighted by molar-refractivity contribution is -0.158. The smallest absolute Gasteiger partial charge is 0.306 e. The molecule has 0 unspecified atom stereocenters. The summed E-state index contributed by atoms with van der Waals surface area (Å²) in [6.45, 7) is 0. The van der Waals surface area contributed by atoms with Gasteiger partial charge < -0.3 is 10.2 Å². The van der Waals surface area contributed by atoms with E-state index in [1.807, 2.05) is 24.3 Å². The monoisotopic (exact) mass is 284 g/mol. The van der Waals surface area contributed by atoms with Crippen LogP contribution in [0.3, 0.4) is 0 Å². The summed E-state index contributed by atoms with van der Waals surface area (Å²) in [5, 5.41) is 18.9. The van der Waals surface area contributed by atoms with Gasteiger partial charge in [-0.05, 0) is 24.5 Å². The minimum absolute atomic E-state index is 0.351. The molecule has 4 heteroatoms. The summed E-state index contributed by atoms with van der Waals surface area (Å²) in [5.41, 5.74) is 0.182. The van der Waals surface area contributed by atoms with Gasteiger partial charge in [-0.1, -0.05) is 34.1 Å². The SMILES string of the molecule is O=C(O)C1CC(O)(Cc2ccccc2Br)C1. The number of hydrogen-bond acceptors (Lipinski definition) is 2. The molecule has 2 N–H and O–H groups in total. The van der Waals surface area contributed by atoms with E-state index in [1.54, 1.807) is 0 Å². The van der Waals surface area contributed by atoms with Gasteiger partial charge in [0.15, 0.2) is 0 Å². The second-order valence-corrected chi connectivity index (χ2v) is 5.29. The highest BCUT2D eigenvalue weighted by molar-refractivity contribution is 9.10. The zero-order valence-corrected chi connectivity index (χ0v) is 10.3. The Hall–Kier alpha value is -0.870. The first-order chi connectivity index (χ1) is 7.50. The summed E-state index contributed by atoms with van der Waals surface area (Å²) < 4.78 is 0.960. The molecule has 2 rings (SSSR count). The number of carboxylic acids is 1. The predicted molar refractivity (Wildman–Crippen MR) is 63.2 cm³/mol. The van der Waals surface area contributed by atoms with E-state index in [0.29, 0.717) is 19.3 Å². The van der Waals surface area contributed by atoms with Gasteiger partial charge in [-0.25, -0.2) is 0 Å². The number of benzene rings is 1. The number of hydrogen-bond donors (Lipinski definition) is 2. The largest absolute Gasteiger partial charge is 0.481 e. The van der Waals surface area contributed by atoms with E-state index >= 15 is 0 Å². The van der Waals surface area contributed by atoms with Gasteiger partial charge >= 0.3 is 5.97 Å². The quantitative estimate of drug-likeness (QED) is 0.895. The Bertz CT molecular complexity index is 410. The second kappa shape index (κ2) is 4.18. The van der Waals surface area contributed by atoms with Gasteiger partial charge in [0.25, 0.3) is 0 Å². The zero-order chi connectivity index (χ0) is 11.8. The van der Waals surface area contributed by atoms with Crippen LogP contribution in [0.15, 0.2) is 28.7 Å². The highest BCUT2D eigenvalue weighted by Crippen LogP contribution is 2.41. The summed E-state index contributed by atoms with van der Waals surface area (Å²) in [7, 11) is 0. The topological polar surface area (TPSA) is 57.5 Å². The molecule has 1 aromatic carbocycles. The summed E-state index contributed by atoms with van der Waals surface area (Å²) in [5.74, 6) is -1.19. The highest BCUT2D eigenvalue weighted by Gasteiger charge is 2.46. The van der Waals surface area contributed by atoms with E-state index in [9.17, 15) is 9.90 Å². The minimum atomic E-state index is -0.840. The number of aliphatic carboxylic acids is 1. The lowest BCUT2D eigenvalue weighted by atomic mass is 9.68. The molecule has 1 aliphatic rings. The van der Waals surface area contributed by atoms with Crippen molar-refractivity contribution in [1.29, 1.82) is 0 Å². The maximum atomic E-state index is 10.7. The van der Waals surface area contributed by atoms with Crippen LogP contribution < -0.4 is 0 Å². The summed E-state index contributed by atoms with van der Waals surface area (Å²) >= 11 is 3.42. The fraction of sp³-hybridized carbons (Fsp3) is 0.417. The first-order valence-corrected chi connectivity index (χ1v) is 5.98. The van der Waals surface area contributed by atoms with Crippen LogP contribution in [0.1, 0.15) is 18.4 Å². The Morgan fingerprint density at radius 2 is 2.06 bits per heavy atom. The molecule has 1 saturated carbocycles. The van der Waals surface area contributed by atoms with E-state index in [-0.39, 0.29) is 5.92 Å². The third-order valence-corrected chi connectivity index (χ3v) is 3.85. The van der Waals surface area contributed by atoms with Crippen LogP contribution in [0.2, 0.25) is 0 Å². The van der Waals surface area contributed by atoms with Gasteiger partial charge in [0.2, 0.25) is 0 Å². The van der Waals surface area contributed by atoms with E-state index in [2.05, 4.69) is 15.9 Å². The molecule has 0 saturated heterocycles. The molecule has 0 atom stereocenters. The second-order valence-electron chi connectivity index (χ2n) is 4.44. The van der Waals surface area contributed by atoms with Crippen LogP contribution in [-0.2, 0) is 11.2 Å². The number of carboxylic acid groups (broad SMARTS) is 1. The van der Waals surface area contributed by atoms with Crippen LogP contribution in [0.5, 0.6) is 0 Å². The summed E-state index contributed by atoms with van der Waals surface area (Å²) in [4.78, 5) is 10.7. The average Bonchev–Trinajstić information content (AvgIpc) is 2.17. The molecule has 1 aromatic rings.